The molecular formula is C19H28N2O5S. The third-order valence-corrected chi connectivity index (χ3v) is 7.15. The van der Waals surface area contributed by atoms with E-state index in [2.05, 4.69) is 0 Å². The molecule has 0 saturated carbocycles. The number of carbonyl (C=O) groups excluding carboxylic acids is 1. The summed E-state index contributed by atoms with van der Waals surface area (Å²) in [6.07, 6.45) is 3.42. The van der Waals surface area contributed by atoms with Gasteiger partial charge in [0, 0.05) is 26.6 Å². The molecule has 1 aromatic carbocycles. The maximum absolute atomic E-state index is 12.6. The maximum Gasteiger partial charge on any atom is 0.329 e. The Balaban J connectivity index is 1.99. The van der Waals surface area contributed by atoms with Crippen LogP contribution in [0.2, 0.25) is 0 Å². The quantitative estimate of drug-likeness (QED) is 0.762. The summed E-state index contributed by atoms with van der Waals surface area (Å²) in [5.74, 6) is -1.34. The molecule has 8 heteroatoms. The summed E-state index contributed by atoms with van der Waals surface area (Å²) in [4.78, 5) is 25.0. The Kier molecular flexibility index (Phi) is 6.64. The minimum atomic E-state index is -3.46. The summed E-state index contributed by atoms with van der Waals surface area (Å²) in [6.45, 7) is 4.08. The number of carboxylic acid groups (broad SMARTS) is 1. The number of carbonyl (C=O) groups is 2. The number of carboxylic acids is 1. The van der Waals surface area contributed by atoms with E-state index in [9.17, 15) is 23.1 Å². The molecule has 0 radical (unpaired) electrons. The van der Waals surface area contributed by atoms with Crippen molar-refractivity contribution in [2.24, 2.45) is 0 Å². The number of aryl methyl sites for hydroxylation is 1. The van der Waals surface area contributed by atoms with Crippen LogP contribution in [0.15, 0.2) is 29.2 Å². The Bertz CT molecular complexity index is 781. The van der Waals surface area contributed by atoms with Crippen LogP contribution in [0.25, 0.3) is 0 Å². The van der Waals surface area contributed by atoms with Crippen molar-refractivity contribution < 1.29 is 23.1 Å². The topological polar surface area (TPSA) is 95.0 Å². The van der Waals surface area contributed by atoms with E-state index in [1.54, 1.807) is 24.3 Å². The number of hydrogen-bond donors (Lipinski definition) is 1. The Hall–Kier alpha value is -1.93. The van der Waals surface area contributed by atoms with Crippen LogP contribution >= 0.6 is 0 Å². The highest BCUT2D eigenvalue weighted by Crippen LogP contribution is 2.21. The molecule has 7 nitrogen and oxygen atoms in total. The van der Waals surface area contributed by atoms with Crippen molar-refractivity contribution in [1.29, 1.82) is 0 Å². The number of likely N-dealkylation sites (N-methyl/N-ethyl adjacent to an activating group) is 1. The van der Waals surface area contributed by atoms with E-state index < -0.39 is 21.5 Å². The molecule has 0 aromatic heterocycles. The molecule has 1 aromatic rings. The number of benzene rings is 1. The molecule has 0 atom stereocenters. The predicted molar refractivity (Wildman–Crippen MR) is 102 cm³/mol. The van der Waals surface area contributed by atoms with E-state index in [-0.39, 0.29) is 17.2 Å². The number of hydrogen-bond acceptors (Lipinski definition) is 4. The van der Waals surface area contributed by atoms with Crippen LogP contribution in [0.4, 0.5) is 0 Å². The van der Waals surface area contributed by atoms with Crippen molar-refractivity contribution in [2.45, 2.75) is 56.4 Å². The van der Waals surface area contributed by atoms with Crippen LogP contribution in [-0.4, -0.2) is 60.3 Å². The summed E-state index contributed by atoms with van der Waals surface area (Å²) in [5, 5.41) is 9.21. The van der Waals surface area contributed by atoms with E-state index in [4.69, 9.17) is 0 Å². The lowest BCUT2D eigenvalue weighted by Crippen LogP contribution is -2.50. The third-order valence-electron chi connectivity index (χ3n) is 5.24. The number of rotatable bonds is 7. The lowest BCUT2D eigenvalue weighted by atomic mass is 10.0. The van der Waals surface area contributed by atoms with E-state index >= 15 is 0 Å². The standard InChI is InChI=1S/C19H28N2O5S/c1-19(2,18(23)24)20(3)17(22)12-9-15-7-10-16(11-8-15)27(25,26)21-13-5-4-6-14-21/h7-8,10-11H,4-6,9,12-14H2,1-3H3,(H,23,24). The fraction of sp³-hybridized carbons (Fsp3) is 0.579. The lowest BCUT2D eigenvalue weighted by Gasteiger charge is -2.31. The minimum Gasteiger partial charge on any atom is -0.480 e. The van der Waals surface area contributed by atoms with Crippen molar-refractivity contribution in [1.82, 2.24) is 9.21 Å². The second kappa shape index (κ2) is 8.39. The smallest absolute Gasteiger partial charge is 0.329 e. The zero-order valence-corrected chi connectivity index (χ0v) is 17.0. The monoisotopic (exact) mass is 396 g/mol. The number of amides is 1. The van der Waals surface area contributed by atoms with Crippen molar-refractivity contribution >= 4 is 21.9 Å². The van der Waals surface area contributed by atoms with E-state index in [1.165, 1.54) is 30.1 Å². The van der Waals surface area contributed by atoms with Gasteiger partial charge in [0.05, 0.1) is 4.90 Å². The molecule has 0 aliphatic carbocycles. The van der Waals surface area contributed by atoms with Crippen LogP contribution in [0.5, 0.6) is 0 Å². The molecule has 0 bridgehead atoms. The number of aliphatic carboxylic acids is 1. The molecule has 1 heterocycles. The maximum atomic E-state index is 12.6. The van der Waals surface area contributed by atoms with Crippen molar-refractivity contribution in [3.63, 3.8) is 0 Å². The van der Waals surface area contributed by atoms with Crippen LogP contribution in [0.3, 0.4) is 0 Å². The second-order valence-corrected chi connectivity index (χ2v) is 9.36. The highest BCUT2D eigenvalue weighted by Gasteiger charge is 2.34. The molecule has 1 aliphatic rings. The zero-order chi connectivity index (χ0) is 20.2. The van der Waals surface area contributed by atoms with Crippen molar-refractivity contribution in [3.8, 4) is 0 Å². The van der Waals surface area contributed by atoms with Gasteiger partial charge >= 0.3 is 5.97 Å². The fourth-order valence-corrected chi connectivity index (χ4v) is 4.47. The lowest BCUT2D eigenvalue weighted by molar-refractivity contribution is -0.155. The van der Waals surface area contributed by atoms with Gasteiger partial charge < -0.3 is 10.0 Å². The molecule has 0 unspecified atom stereocenters. The average molecular weight is 397 g/mol. The van der Waals surface area contributed by atoms with Gasteiger partial charge in [-0.15, -0.1) is 0 Å². The molecule has 27 heavy (non-hydrogen) atoms. The number of piperidine rings is 1. The first-order valence-corrected chi connectivity index (χ1v) is 10.6. The molecule has 0 spiro atoms. The molecule has 1 N–H and O–H groups in total. The summed E-state index contributed by atoms with van der Waals surface area (Å²) >= 11 is 0. The van der Waals surface area contributed by atoms with Crippen LogP contribution in [-0.2, 0) is 26.0 Å². The highest BCUT2D eigenvalue weighted by atomic mass is 32.2. The SMILES string of the molecule is CN(C(=O)CCc1ccc(S(=O)(=O)N2CCCCC2)cc1)C(C)(C)C(=O)O. The molecule has 1 aliphatic heterocycles. The van der Waals surface area contributed by atoms with E-state index in [0.717, 1.165) is 24.8 Å². The van der Waals surface area contributed by atoms with Gasteiger partial charge in [0.2, 0.25) is 15.9 Å². The minimum absolute atomic E-state index is 0.158. The van der Waals surface area contributed by atoms with E-state index in [1.807, 2.05) is 0 Å². The average Bonchev–Trinajstić information content (AvgIpc) is 2.66. The fourth-order valence-electron chi connectivity index (χ4n) is 2.96. The molecule has 1 amide bonds. The summed E-state index contributed by atoms with van der Waals surface area (Å²) in [7, 11) is -1.98. The Morgan fingerprint density at radius 2 is 1.67 bits per heavy atom. The van der Waals surface area contributed by atoms with E-state index in [0.29, 0.717) is 19.5 Å². The molecule has 1 saturated heterocycles. The van der Waals surface area contributed by atoms with Crippen LogP contribution in [0, 0.1) is 0 Å². The zero-order valence-electron chi connectivity index (χ0n) is 16.1. The normalized spacial score (nSPS) is 16.1. The first-order chi connectivity index (χ1) is 12.6. The van der Waals surface area contributed by atoms with Gasteiger partial charge in [0.1, 0.15) is 5.54 Å². The van der Waals surface area contributed by atoms with Gasteiger partial charge in [-0.25, -0.2) is 13.2 Å². The molecule has 150 valence electrons. The molecular weight excluding hydrogens is 368 g/mol. The van der Waals surface area contributed by atoms with Gasteiger partial charge in [0.25, 0.3) is 0 Å². The van der Waals surface area contributed by atoms with Gasteiger partial charge in [0.15, 0.2) is 0 Å². The Morgan fingerprint density at radius 1 is 1.11 bits per heavy atom. The van der Waals surface area contributed by atoms with Crippen molar-refractivity contribution in [2.75, 3.05) is 20.1 Å². The second-order valence-electron chi connectivity index (χ2n) is 7.43. The first kappa shape index (κ1) is 21.4. The Labute approximate surface area is 161 Å². The van der Waals surface area contributed by atoms with Crippen LogP contribution < -0.4 is 0 Å². The largest absolute Gasteiger partial charge is 0.480 e. The summed E-state index contributed by atoms with van der Waals surface area (Å²) < 4.78 is 26.8. The summed E-state index contributed by atoms with van der Waals surface area (Å²) in [6, 6.07) is 6.59. The van der Waals surface area contributed by atoms with Gasteiger partial charge in [-0.2, -0.15) is 4.31 Å². The summed E-state index contributed by atoms with van der Waals surface area (Å²) in [5.41, 5.74) is -0.439. The highest BCUT2D eigenvalue weighted by molar-refractivity contribution is 7.89. The number of nitrogens with zero attached hydrogens (tertiary/aromatic N) is 2. The van der Waals surface area contributed by atoms with Crippen LogP contribution in [0.1, 0.15) is 45.1 Å². The Morgan fingerprint density at radius 3 is 2.19 bits per heavy atom. The molecule has 2 rings (SSSR count). The van der Waals surface area contributed by atoms with Crippen molar-refractivity contribution in [3.05, 3.63) is 29.8 Å². The predicted octanol–water partition coefficient (Wildman–Crippen LogP) is 2.12. The first-order valence-electron chi connectivity index (χ1n) is 9.16. The number of sulfonamides is 1. The van der Waals surface area contributed by atoms with Gasteiger partial charge in [-0.3, -0.25) is 4.79 Å². The molecule has 1 fully saturated rings. The third kappa shape index (κ3) is 4.87. The van der Waals surface area contributed by atoms with Gasteiger partial charge in [-0.05, 0) is 50.8 Å². The van der Waals surface area contributed by atoms with Gasteiger partial charge in [-0.1, -0.05) is 18.6 Å².